The number of halogens is 1. The number of ether oxygens (including phenoxy) is 2. The van der Waals surface area contributed by atoms with Crippen molar-refractivity contribution < 1.29 is 32.2 Å². The second kappa shape index (κ2) is 10.8. The van der Waals surface area contributed by atoms with Crippen LogP contribution >= 0.6 is 0 Å². The molecule has 8 nitrogen and oxygen atoms in total. The van der Waals surface area contributed by atoms with Gasteiger partial charge >= 0.3 is 5.97 Å². The summed E-state index contributed by atoms with van der Waals surface area (Å²) < 4.78 is 55.1. The highest BCUT2D eigenvalue weighted by atomic mass is 32.2. The Bertz CT molecular complexity index is 2040. The Hall–Kier alpha value is -4.64. The molecule has 3 aliphatic rings. The van der Waals surface area contributed by atoms with Crippen LogP contribution in [0.4, 0.5) is 15.8 Å². The molecule has 222 valence electrons. The first-order valence-corrected chi connectivity index (χ1v) is 15.6. The first kappa shape index (κ1) is 28.1. The number of aliphatic hydroxyl groups is 1. The van der Waals surface area contributed by atoms with Crippen molar-refractivity contribution in [2.75, 3.05) is 24.1 Å². The van der Waals surface area contributed by atoms with Gasteiger partial charge in [0.2, 0.25) is 0 Å². The number of benzene rings is 4. The number of carbonyl (C=O) groups is 1. The molecule has 0 spiro atoms. The van der Waals surface area contributed by atoms with Gasteiger partial charge in [0.1, 0.15) is 17.1 Å². The van der Waals surface area contributed by atoms with E-state index in [2.05, 4.69) is 0 Å². The minimum absolute atomic E-state index is 0.0318. The number of fused-ring (bicyclic) bond motifs is 2. The third kappa shape index (κ3) is 4.71. The van der Waals surface area contributed by atoms with Gasteiger partial charge in [0.25, 0.3) is 10.0 Å². The van der Waals surface area contributed by atoms with Crippen molar-refractivity contribution in [3.8, 4) is 11.1 Å². The Labute approximate surface area is 253 Å². The Morgan fingerprint density at radius 3 is 2.30 bits per heavy atom. The first-order chi connectivity index (χ1) is 21.3. The van der Waals surface area contributed by atoms with E-state index < -0.39 is 27.4 Å². The summed E-state index contributed by atoms with van der Waals surface area (Å²) in [4.78, 5) is 18.5. The molecular weight excluding hydrogens is 583 g/mol. The van der Waals surface area contributed by atoms with Crippen LogP contribution in [0, 0.1) is 5.82 Å². The summed E-state index contributed by atoms with van der Waals surface area (Å²) in [6.07, 6.45) is 2.23. The molecule has 0 amide bonds. The van der Waals surface area contributed by atoms with Gasteiger partial charge in [0, 0.05) is 31.6 Å². The maximum absolute atomic E-state index is 14.2. The predicted octanol–water partition coefficient (Wildman–Crippen LogP) is 4.07. The molecule has 0 unspecified atom stereocenters. The van der Waals surface area contributed by atoms with Crippen LogP contribution in [-0.4, -0.2) is 50.6 Å². The van der Waals surface area contributed by atoms with Crippen LogP contribution in [-0.2, 0) is 19.5 Å². The molecule has 1 fully saturated rings. The minimum Gasteiger partial charge on any atom is -0.420 e. The zero-order valence-electron chi connectivity index (χ0n) is 23.4. The van der Waals surface area contributed by atoms with Crippen LogP contribution in [0.15, 0.2) is 101 Å². The van der Waals surface area contributed by atoms with Gasteiger partial charge in [-0.1, -0.05) is 54.6 Å². The SMILES string of the molecule is O=C(OC1=c2c(cc3c(c2-c2ccc(F)cc2)N(S(=O)(=O)c2ccccc2)CC=3)N=C1C1(O)CCOCC1)c1ccccc1. The maximum atomic E-state index is 14.2. The van der Waals surface area contributed by atoms with E-state index in [1.165, 1.54) is 28.6 Å². The van der Waals surface area contributed by atoms with Gasteiger partial charge in [-0.3, -0.25) is 4.31 Å². The van der Waals surface area contributed by atoms with E-state index in [-0.39, 0.29) is 54.5 Å². The van der Waals surface area contributed by atoms with E-state index in [9.17, 15) is 22.7 Å². The molecule has 4 aromatic rings. The van der Waals surface area contributed by atoms with E-state index in [1.807, 2.05) is 0 Å². The largest absolute Gasteiger partial charge is 0.420 e. The summed E-state index contributed by atoms with van der Waals surface area (Å²) in [5.41, 5.74) is 0.644. The summed E-state index contributed by atoms with van der Waals surface area (Å²) in [6, 6.07) is 23.9. The number of carbonyl (C=O) groups excluding carboxylic acids is 1. The lowest BCUT2D eigenvalue weighted by atomic mass is 9.87. The molecule has 44 heavy (non-hydrogen) atoms. The number of rotatable bonds is 6. The molecule has 1 N–H and O–H groups in total. The molecule has 0 atom stereocenters. The highest BCUT2D eigenvalue weighted by Gasteiger charge is 2.43. The first-order valence-electron chi connectivity index (χ1n) is 14.2. The van der Waals surface area contributed by atoms with Gasteiger partial charge in [-0.2, -0.15) is 0 Å². The van der Waals surface area contributed by atoms with Gasteiger partial charge in [-0.25, -0.2) is 22.6 Å². The fourth-order valence-electron chi connectivity index (χ4n) is 5.91. The van der Waals surface area contributed by atoms with Crippen molar-refractivity contribution in [1.29, 1.82) is 0 Å². The van der Waals surface area contributed by atoms with E-state index in [4.69, 9.17) is 14.5 Å². The molecule has 10 heteroatoms. The van der Waals surface area contributed by atoms with Crippen molar-refractivity contribution in [2.24, 2.45) is 4.99 Å². The molecule has 3 heterocycles. The van der Waals surface area contributed by atoms with E-state index >= 15 is 0 Å². The van der Waals surface area contributed by atoms with Gasteiger partial charge in [-0.15, -0.1) is 0 Å². The number of nitrogens with zero attached hydrogens (tertiary/aromatic N) is 2. The lowest BCUT2D eigenvalue weighted by Gasteiger charge is -2.32. The number of aliphatic imine (C=N–C) groups is 1. The Morgan fingerprint density at radius 2 is 1.61 bits per heavy atom. The Kier molecular flexibility index (Phi) is 6.92. The second-order valence-electron chi connectivity index (χ2n) is 10.8. The molecule has 4 aromatic carbocycles. The molecule has 0 bridgehead atoms. The lowest BCUT2D eigenvalue weighted by molar-refractivity contribution is -0.0197. The third-order valence-electron chi connectivity index (χ3n) is 8.14. The van der Waals surface area contributed by atoms with Crippen molar-refractivity contribution in [3.05, 3.63) is 113 Å². The molecular formula is C34H27FN2O6S. The fraction of sp³-hybridized carbons (Fsp3) is 0.176. The number of sulfonamides is 1. The van der Waals surface area contributed by atoms with E-state index in [0.29, 0.717) is 32.9 Å². The smallest absolute Gasteiger partial charge is 0.343 e. The molecule has 3 aliphatic heterocycles. The van der Waals surface area contributed by atoms with Crippen molar-refractivity contribution >= 4 is 44.9 Å². The summed E-state index contributed by atoms with van der Waals surface area (Å²) in [6.45, 7) is 0.620. The van der Waals surface area contributed by atoms with Crippen LogP contribution < -0.4 is 14.7 Å². The van der Waals surface area contributed by atoms with Gasteiger partial charge in [0.05, 0.1) is 33.6 Å². The normalized spacial score (nSPS) is 17.0. The molecule has 1 saturated heterocycles. The van der Waals surface area contributed by atoms with Gasteiger partial charge in [-0.05, 0) is 53.2 Å². The highest BCUT2D eigenvalue weighted by Crippen LogP contribution is 2.38. The number of hydrogen-bond donors (Lipinski definition) is 1. The predicted molar refractivity (Wildman–Crippen MR) is 164 cm³/mol. The molecule has 0 aromatic heterocycles. The second-order valence-corrected chi connectivity index (χ2v) is 12.7. The Balaban J connectivity index is 1.53. The van der Waals surface area contributed by atoms with E-state index in [0.717, 1.165) is 0 Å². The van der Waals surface area contributed by atoms with Crippen LogP contribution in [0.5, 0.6) is 0 Å². The van der Waals surface area contributed by atoms with Crippen molar-refractivity contribution in [3.63, 3.8) is 0 Å². The summed E-state index contributed by atoms with van der Waals surface area (Å²) in [5, 5.41) is 12.8. The quantitative estimate of drug-likeness (QED) is 0.330. The van der Waals surface area contributed by atoms with Crippen LogP contribution in [0.25, 0.3) is 23.0 Å². The maximum Gasteiger partial charge on any atom is 0.343 e. The van der Waals surface area contributed by atoms with Crippen LogP contribution in [0.1, 0.15) is 23.2 Å². The number of esters is 1. The van der Waals surface area contributed by atoms with Crippen molar-refractivity contribution in [1.82, 2.24) is 0 Å². The zero-order valence-corrected chi connectivity index (χ0v) is 24.3. The number of anilines is 1. The Morgan fingerprint density at radius 1 is 0.955 bits per heavy atom. The summed E-state index contributed by atoms with van der Waals surface area (Å²) in [5.74, 6) is -1.10. The molecule has 0 saturated carbocycles. The number of hydrogen-bond acceptors (Lipinski definition) is 7. The molecule has 0 aliphatic carbocycles. The third-order valence-corrected chi connectivity index (χ3v) is 9.92. The monoisotopic (exact) mass is 610 g/mol. The highest BCUT2D eigenvalue weighted by molar-refractivity contribution is 7.92. The average Bonchev–Trinajstić information content (AvgIpc) is 3.64. The van der Waals surface area contributed by atoms with E-state index in [1.54, 1.807) is 72.8 Å². The molecule has 0 radical (unpaired) electrons. The minimum atomic E-state index is -4.03. The lowest BCUT2D eigenvalue weighted by Crippen LogP contribution is -2.45. The topological polar surface area (TPSA) is 106 Å². The standard InChI is InChI=1S/C34H27FN2O6S/c35-25-13-11-22(12-14-25)28-29-27(21-24-15-18-37(30(24)28)44(40,41)26-9-5-2-6-10-26)36-32(34(39)16-19-42-20-17-34)31(29)43-33(38)23-7-3-1-4-8-23/h1-15,21,39H,16-20H2. The molecule has 7 rings (SSSR count). The van der Waals surface area contributed by atoms with Gasteiger partial charge < -0.3 is 14.6 Å². The van der Waals surface area contributed by atoms with Crippen LogP contribution in [0.3, 0.4) is 0 Å². The van der Waals surface area contributed by atoms with Crippen LogP contribution in [0.2, 0.25) is 0 Å². The average molecular weight is 611 g/mol. The summed E-state index contributed by atoms with van der Waals surface area (Å²) >= 11 is 0. The van der Waals surface area contributed by atoms with Gasteiger partial charge in [0.15, 0.2) is 5.76 Å². The zero-order chi connectivity index (χ0) is 30.5. The fourth-order valence-corrected chi connectivity index (χ4v) is 7.37. The summed E-state index contributed by atoms with van der Waals surface area (Å²) in [7, 11) is -4.03. The van der Waals surface area contributed by atoms with Crippen molar-refractivity contribution in [2.45, 2.75) is 23.3 Å².